The predicted octanol–water partition coefficient (Wildman–Crippen LogP) is 1.97. The standard InChI is InChI=1S/C81H107N15O18S2/c1-7-13-57-71(105)87-58(29-30-65(102)103)72(106)88-60(36-47-21-26-54(100)27-22-47)75(109)96-68(50-16-9-8-10-17-50)79(113)95-67(45(3)98)78(112)92-63(70(82)104)42-116-41-49-15-11-14-48(34-49)40-115-33-31-64(101)93-69(81(4,5)6)80(114)91-59(35-46-19-24-53(99)25-20-46)73(107)89-62(38-52-39-83-43-85-52)76(110)94-66(44(2)97)77(111)90-61(74(108)86-57)37-51-23-28-56-55(51)18-12-32-84-56/h11-12,14-15,18-28,32,34,39,43-45,50,57-63,66-69,84,97-100H,7-10,13,16-17,29-31,33,35-38,40-42H2,1-6H3,(H2,82,104)(H,83,85)(H,86,108)(H,87,105)(H,88,106)(H,89,107)(H,90,111)(H,91,114)(H,92,112)(H,93,101)(H,94,110)(H,95,113)(H,96,109)(H,102,103)/t44-,45-,57+,58+,59+,60+,61+,62+,63-,66+,67+,68+,69-/m1/s1. The Hall–Kier alpha value is -11.0. The summed E-state index contributed by atoms with van der Waals surface area (Å²) in [5.74, 6) is -12.4. The Kier molecular flexibility index (Phi) is 34.0. The van der Waals surface area contributed by atoms with Gasteiger partial charge >= 0.3 is 5.97 Å². The lowest BCUT2D eigenvalue weighted by molar-refractivity contribution is -0.139. The molecule has 2 aliphatic heterocycles. The number of nitrogens with two attached hydrogens (primary N) is 1. The van der Waals surface area contributed by atoms with Crippen LogP contribution in [0.2, 0.25) is 0 Å². The highest BCUT2D eigenvalue weighted by Gasteiger charge is 2.42. The van der Waals surface area contributed by atoms with Crippen LogP contribution in [-0.2, 0) is 99.5 Å². The first kappa shape index (κ1) is 90.5. The van der Waals surface area contributed by atoms with Crippen molar-refractivity contribution in [3.8, 4) is 22.8 Å². The van der Waals surface area contributed by atoms with Crippen molar-refractivity contribution in [3.63, 3.8) is 0 Å². The predicted molar refractivity (Wildman–Crippen MR) is 432 cm³/mol. The summed E-state index contributed by atoms with van der Waals surface area (Å²) in [6.45, 7) is 9.25. The molecule has 0 saturated heterocycles. The second-order valence-corrected chi connectivity index (χ2v) is 32.6. The second kappa shape index (κ2) is 43.6. The number of aromatic hydroxyl groups is 2. The van der Waals surface area contributed by atoms with Crippen molar-refractivity contribution >= 4 is 100 Å². The third-order valence-corrected chi connectivity index (χ3v) is 22.2. The second-order valence-electron chi connectivity index (χ2n) is 30.5. The number of aromatic amines is 2. The minimum absolute atomic E-state index is 0.0376. The molecule has 116 heavy (non-hydrogen) atoms. The number of carboxylic acids is 1. The number of rotatable bonds is 17. The average Bonchev–Trinajstić information content (AvgIpc) is 1.60. The number of carbonyl (C=O) groups is 13. The molecule has 13 atom stereocenters. The molecule has 8 rings (SSSR count). The first-order valence-corrected chi connectivity index (χ1v) is 41.1. The number of hydrogen-bond acceptors (Lipinski definition) is 20. The largest absolute Gasteiger partial charge is 0.508 e. The van der Waals surface area contributed by atoms with Gasteiger partial charge in [-0.25, -0.2) is 4.98 Å². The summed E-state index contributed by atoms with van der Waals surface area (Å²) < 4.78 is 0. The number of thioether (sulfide) groups is 2. The van der Waals surface area contributed by atoms with Gasteiger partial charge in [-0.1, -0.05) is 114 Å². The zero-order valence-corrected chi connectivity index (χ0v) is 67.3. The molecule has 33 nitrogen and oxygen atoms in total. The van der Waals surface area contributed by atoms with Gasteiger partial charge in [-0.2, -0.15) is 23.5 Å². The normalized spacial score (nSPS) is 24.2. The number of carboxylic acid groups (broad SMARTS) is 1. The number of benzene rings is 3. The maximum absolute atomic E-state index is 15.1. The molecular formula is C81H107N15O18S2. The number of fused-ring (bicyclic) bond motifs is 3. The van der Waals surface area contributed by atoms with E-state index >= 15 is 9.59 Å². The van der Waals surface area contributed by atoms with Gasteiger partial charge in [0.1, 0.15) is 78.0 Å². The van der Waals surface area contributed by atoms with E-state index in [2.05, 4.69) is 73.4 Å². The van der Waals surface area contributed by atoms with Crippen LogP contribution in [0.1, 0.15) is 139 Å². The lowest BCUT2D eigenvalue weighted by atomic mass is 9.83. The maximum atomic E-state index is 15.1. The molecule has 2 aliphatic carbocycles. The van der Waals surface area contributed by atoms with Crippen LogP contribution < -0.4 is 64.2 Å². The SMILES string of the molecule is CCC[C@@H]1NC(=O)[C@H](Cc2ccc3[nH]cccc2-3)NC(=O)[C@H]([C@@H](C)O)NC(=O)[C@H](Cc2c[nH]cn2)NC(=O)[C@H](Cc2ccc(O)cc2)NC(=O)[C@H](C(C)(C)C)NC(=O)CCSCc2cccc(c2)CSC[C@H](C(N)=O)NC(=O)[C@H]([C@@H](C)O)NC(=O)[C@H](C2CCCCC2)NC(=O)[C@H](Cc2ccc(O)cc2)NC(=O)[C@H](CCC(=O)O)NC1=O. The smallest absolute Gasteiger partial charge is 0.303 e. The molecule has 0 spiro atoms. The van der Waals surface area contributed by atoms with Gasteiger partial charge in [-0.05, 0) is 115 Å². The number of primary amides is 1. The monoisotopic (exact) mass is 1640 g/mol. The fourth-order valence-electron chi connectivity index (χ4n) is 13.7. The van der Waals surface area contributed by atoms with Gasteiger partial charge in [0.2, 0.25) is 70.9 Å². The summed E-state index contributed by atoms with van der Waals surface area (Å²) in [5, 5.41) is 82.5. The molecule has 0 radical (unpaired) electrons. The van der Waals surface area contributed by atoms with Crippen molar-refractivity contribution in [2.75, 3.05) is 11.5 Å². The molecule has 4 aromatic rings. The van der Waals surface area contributed by atoms with Gasteiger partial charge in [-0.3, -0.25) is 62.3 Å². The molecule has 4 aliphatic rings. The van der Waals surface area contributed by atoms with Crippen LogP contribution >= 0.6 is 23.5 Å². The van der Waals surface area contributed by atoms with Crippen LogP contribution in [0, 0.1) is 11.3 Å². The first-order chi connectivity index (χ1) is 55.2. The van der Waals surface area contributed by atoms with E-state index in [1.165, 1.54) is 98.4 Å². The van der Waals surface area contributed by atoms with Crippen molar-refractivity contribution in [2.24, 2.45) is 17.1 Å². The van der Waals surface area contributed by atoms with Crippen LogP contribution in [0.5, 0.6) is 11.5 Å². The lowest BCUT2D eigenvalue weighted by Gasteiger charge is -2.33. The molecule has 20 N–H and O–H groups in total. The molecule has 3 heterocycles. The lowest BCUT2D eigenvalue weighted by Crippen LogP contribution is -2.63. The van der Waals surface area contributed by atoms with E-state index in [0.717, 1.165) is 17.5 Å². The number of hydrogen-bond donors (Lipinski definition) is 19. The number of aliphatic hydroxyl groups excluding tert-OH is 2. The van der Waals surface area contributed by atoms with Crippen molar-refractivity contribution in [1.82, 2.24) is 73.4 Å². The molecule has 2 bridgehead atoms. The van der Waals surface area contributed by atoms with Crippen LogP contribution in [-0.4, -0.2) is 208 Å². The van der Waals surface area contributed by atoms with E-state index in [9.17, 15) is 78.3 Å². The zero-order chi connectivity index (χ0) is 84.3. The van der Waals surface area contributed by atoms with Crippen molar-refractivity contribution < 1.29 is 87.9 Å². The Morgan fingerprint density at radius 2 is 1.06 bits per heavy atom. The number of H-pyrrole nitrogens is 2. The first-order valence-electron chi connectivity index (χ1n) is 38.8. The maximum Gasteiger partial charge on any atom is 0.303 e. The van der Waals surface area contributed by atoms with E-state index in [0.29, 0.717) is 70.9 Å². The third kappa shape index (κ3) is 27.6. The highest BCUT2D eigenvalue weighted by atomic mass is 32.2. The molecule has 35 heteroatoms. The number of imidazole rings is 1. The number of aliphatic carboxylic acids is 1. The Morgan fingerprint density at radius 3 is 1.61 bits per heavy atom. The van der Waals surface area contributed by atoms with Gasteiger partial charge < -0.3 is 99.7 Å². The highest BCUT2D eigenvalue weighted by molar-refractivity contribution is 7.98. The number of aromatic nitrogens is 3. The van der Waals surface area contributed by atoms with Gasteiger partial charge in [0.25, 0.3) is 0 Å². The summed E-state index contributed by atoms with van der Waals surface area (Å²) in [4.78, 5) is 198. The average molecular weight is 1640 g/mol. The van der Waals surface area contributed by atoms with Gasteiger partial charge in [0.15, 0.2) is 0 Å². The fraction of sp³-hybridized carbons (Fsp3) is 0.481. The van der Waals surface area contributed by atoms with Gasteiger partial charge in [-0.15, -0.1) is 0 Å². The van der Waals surface area contributed by atoms with E-state index in [4.69, 9.17) is 5.73 Å². The number of amides is 12. The number of nitrogens with one attached hydrogen (secondary N) is 13. The summed E-state index contributed by atoms with van der Waals surface area (Å²) in [6.07, 6.45) is 1.58. The molecule has 12 amide bonds. The van der Waals surface area contributed by atoms with E-state index in [1.54, 1.807) is 58.2 Å². The van der Waals surface area contributed by atoms with Crippen LogP contribution in [0.25, 0.3) is 11.3 Å². The van der Waals surface area contributed by atoms with Gasteiger partial charge in [0.05, 0.1) is 24.2 Å². The van der Waals surface area contributed by atoms with Crippen molar-refractivity contribution in [2.45, 2.75) is 222 Å². The molecular weight excluding hydrogens is 1540 g/mol. The van der Waals surface area contributed by atoms with Crippen molar-refractivity contribution in [1.29, 1.82) is 0 Å². The highest BCUT2D eigenvalue weighted by Crippen LogP contribution is 2.30. The number of pyridine rings is 1. The van der Waals surface area contributed by atoms with Crippen molar-refractivity contribution in [3.05, 3.63) is 149 Å². The minimum Gasteiger partial charge on any atom is -0.508 e. The number of nitrogens with zero attached hydrogens (tertiary/aromatic N) is 1. The quantitative estimate of drug-likeness (QED) is 0.0620. The number of phenolic OH excluding ortho intramolecular Hbond substituents is 2. The van der Waals surface area contributed by atoms with E-state index in [1.807, 2.05) is 24.3 Å². The minimum atomic E-state index is -1.89. The molecule has 626 valence electrons. The number of phenols is 2. The Balaban J connectivity index is 1.14. The Labute approximate surface area is 680 Å². The number of carbonyl (C=O) groups excluding carboxylic acids is 12. The Morgan fingerprint density at radius 1 is 0.552 bits per heavy atom. The fourth-order valence-corrected chi connectivity index (χ4v) is 15.6. The number of aliphatic hydroxyl groups is 2. The van der Waals surface area contributed by atoms with Crippen LogP contribution in [0.15, 0.2) is 116 Å². The molecule has 3 aromatic carbocycles. The molecule has 1 saturated carbocycles. The third-order valence-electron chi connectivity index (χ3n) is 20.1. The Bertz CT molecular complexity index is 4320. The van der Waals surface area contributed by atoms with Crippen LogP contribution in [0.3, 0.4) is 0 Å². The summed E-state index contributed by atoms with van der Waals surface area (Å²) >= 11 is 2.69. The van der Waals surface area contributed by atoms with Crippen LogP contribution in [0.4, 0.5) is 0 Å². The molecule has 0 unspecified atom stereocenters. The van der Waals surface area contributed by atoms with Gasteiger partial charge in [0, 0.05) is 85.2 Å². The summed E-state index contributed by atoms with van der Waals surface area (Å²) in [7, 11) is 0. The molecule has 1 aromatic heterocycles. The summed E-state index contributed by atoms with van der Waals surface area (Å²) in [5.41, 5.74) is 9.42. The zero-order valence-electron chi connectivity index (χ0n) is 65.7. The summed E-state index contributed by atoms with van der Waals surface area (Å²) in [6, 6.07) is 8.46. The van der Waals surface area contributed by atoms with E-state index < -0.39 is 180 Å². The topological polar surface area (TPSA) is 526 Å². The van der Waals surface area contributed by atoms with E-state index in [-0.39, 0.29) is 67.9 Å². The molecule has 1 fully saturated rings.